The number of nitrogens with one attached hydrogen (secondary N) is 3. The van der Waals surface area contributed by atoms with Gasteiger partial charge in [-0.05, 0) is 32.1 Å². The van der Waals surface area contributed by atoms with E-state index in [9.17, 15) is 9.59 Å². The molecule has 1 aromatic heterocycles. The van der Waals surface area contributed by atoms with Gasteiger partial charge in [0.25, 0.3) is 0 Å². The maximum atomic E-state index is 13.3. The Morgan fingerprint density at radius 1 is 1.21 bits per heavy atom. The Balaban J connectivity index is 1.24. The SMILES string of the molecule is O=C1CCC2(CCCN(C(=O)C3NNC4CCCC43)C2)CN1CCc1cnc[nH]1. The van der Waals surface area contributed by atoms with Crippen LogP contribution in [0.3, 0.4) is 0 Å². The first-order valence-corrected chi connectivity index (χ1v) is 11.2. The molecule has 8 heteroatoms. The van der Waals surface area contributed by atoms with Crippen LogP contribution in [0.15, 0.2) is 12.5 Å². The summed E-state index contributed by atoms with van der Waals surface area (Å²) in [6.45, 7) is 3.12. The van der Waals surface area contributed by atoms with Crippen molar-refractivity contribution in [2.75, 3.05) is 26.2 Å². The van der Waals surface area contributed by atoms with Crippen LogP contribution in [-0.4, -0.2) is 69.8 Å². The summed E-state index contributed by atoms with van der Waals surface area (Å²) in [6, 6.07) is 0.368. The van der Waals surface area contributed by atoms with Crippen LogP contribution in [0.4, 0.5) is 0 Å². The molecule has 158 valence electrons. The lowest BCUT2D eigenvalue weighted by Crippen LogP contribution is -2.58. The molecule has 1 aromatic rings. The molecule has 1 aliphatic carbocycles. The van der Waals surface area contributed by atoms with Crippen LogP contribution >= 0.6 is 0 Å². The molecule has 1 spiro atoms. The average Bonchev–Trinajstić information content (AvgIpc) is 3.47. The van der Waals surface area contributed by atoms with Gasteiger partial charge in [-0.3, -0.25) is 15.0 Å². The number of carbonyl (C=O) groups is 2. The molecule has 4 fully saturated rings. The molecular weight excluding hydrogens is 368 g/mol. The summed E-state index contributed by atoms with van der Waals surface area (Å²) >= 11 is 0. The van der Waals surface area contributed by atoms with Gasteiger partial charge in [-0.25, -0.2) is 10.4 Å². The first kappa shape index (κ1) is 19.1. The lowest BCUT2D eigenvalue weighted by Gasteiger charge is -2.48. The van der Waals surface area contributed by atoms with Crippen LogP contribution in [0.1, 0.15) is 50.6 Å². The fraction of sp³-hybridized carbons (Fsp3) is 0.762. The minimum atomic E-state index is -0.0839. The van der Waals surface area contributed by atoms with Gasteiger partial charge in [0.15, 0.2) is 0 Å². The Kier molecular flexibility index (Phi) is 5.07. The summed E-state index contributed by atoms with van der Waals surface area (Å²) < 4.78 is 0. The maximum absolute atomic E-state index is 13.3. The van der Waals surface area contributed by atoms with Crippen LogP contribution in [0.25, 0.3) is 0 Å². The summed E-state index contributed by atoms with van der Waals surface area (Å²) in [5.41, 5.74) is 7.74. The van der Waals surface area contributed by atoms with E-state index in [4.69, 9.17) is 0 Å². The highest BCUT2D eigenvalue weighted by Gasteiger charge is 2.47. The van der Waals surface area contributed by atoms with Gasteiger partial charge < -0.3 is 14.8 Å². The van der Waals surface area contributed by atoms with E-state index < -0.39 is 0 Å². The summed E-state index contributed by atoms with van der Waals surface area (Å²) in [7, 11) is 0. The standard InChI is InChI=1S/C21H32N6O2/c28-18-5-8-21(12-26(18)10-6-15-11-22-14-23-15)7-2-9-27(13-21)20(29)19-16-3-1-4-17(16)24-25-19/h11,14,16-17,19,24-25H,1-10,12-13H2,(H,22,23). The van der Waals surface area contributed by atoms with Crippen LogP contribution in [0.2, 0.25) is 0 Å². The third-order valence-corrected chi connectivity index (χ3v) is 7.62. The van der Waals surface area contributed by atoms with E-state index in [-0.39, 0.29) is 23.3 Å². The second-order valence-corrected chi connectivity index (χ2v) is 9.47. The largest absolute Gasteiger partial charge is 0.348 e. The summed E-state index contributed by atoms with van der Waals surface area (Å²) in [6.07, 6.45) is 11.4. The Morgan fingerprint density at radius 2 is 2.14 bits per heavy atom. The quantitative estimate of drug-likeness (QED) is 0.696. The Morgan fingerprint density at radius 3 is 3.00 bits per heavy atom. The van der Waals surface area contributed by atoms with E-state index in [1.54, 1.807) is 6.33 Å². The number of likely N-dealkylation sites (tertiary alicyclic amines) is 2. The molecule has 0 aromatic carbocycles. The zero-order valence-electron chi connectivity index (χ0n) is 17.0. The normalized spacial score (nSPS) is 34.8. The Bertz CT molecular complexity index is 752. The lowest BCUT2D eigenvalue weighted by molar-refractivity contribution is -0.144. The number of imidazole rings is 1. The average molecular weight is 401 g/mol. The second-order valence-electron chi connectivity index (χ2n) is 9.47. The minimum absolute atomic E-state index is 0.0525. The molecule has 0 bridgehead atoms. The molecule has 3 N–H and O–H groups in total. The molecule has 3 saturated heterocycles. The number of hydrogen-bond acceptors (Lipinski definition) is 5. The van der Waals surface area contributed by atoms with Gasteiger partial charge in [0.1, 0.15) is 6.04 Å². The molecule has 4 atom stereocenters. The summed E-state index contributed by atoms with van der Waals surface area (Å²) in [4.78, 5) is 37.1. The molecule has 2 amide bonds. The van der Waals surface area contributed by atoms with E-state index in [1.165, 1.54) is 12.8 Å². The van der Waals surface area contributed by atoms with Crippen molar-refractivity contribution in [1.82, 2.24) is 30.6 Å². The third-order valence-electron chi connectivity index (χ3n) is 7.62. The summed E-state index contributed by atoms with van der Waals surface area (Å²) in [5.74, 6) is 0.931. The van der Waals surface area contributed by atoms with Crippen molar-refractivity contribution in [2.24, 2.45) is 11.3 Å². The number of hydrazine groups is 1. The number of nitrogens with zero attached hydrogens (tertiary/aromatic N) is 3. The van der Waals surface area contributed by atoms with Crippen molar-refractivity contribution < 1.29 is 9.59 Å². The first-order valence-electron chi connectivity index (χ1n) is 11.2. The lowest BCUT2D eigenvalue weighted by atomic mass is 9.73. The van der Waals surface area contributed by atoms with Crippen molar-refractivity contribution in [2.45, 2.75) is 63.5 Å². The van der Waals surface area contributed by atoms with E-state index in [2.05, 4.69) is 25.7 Å². The highest BCUT2D eigenvalue weighted by atomic mass is 16.2. The van der Waals surface area contributed by atoms with E-state index in [1.807, 2.05) is 11.1 Å². The highest BCUT2D eigenvalue weighted by molar-refractivity contribution is 5.83. The van der Waals surface area contributed by atoms with Gasteiger partial charge in [-0.15, -0.1) is 0 Å². The van der Waals surface area contributed by atoms with E-state index in [0.29, 0.717) is 24.9 Å². The van der Waals surface area contributed by atoms with Crippen molar-refractivity contribution in [3.63, 3.8) is 0 Å². The predicted octanol–water partition coefficient (Wildman–Crippen LogP) is 0.829. The number of fused-ring (bicyclic) bond motifs is 1. The van der Waals surface area contributed by atoms with Gasteiger partial charge in [-0.1, -0.05) is 6.42 Å². The molecule has 3 aliphatic heterocycles. The number of piperidine rings is 2. The molecule has 5 rings (SSSR count). The van der Waals surface area contributed by atoms with Gasteiger partial charge in [0.05, 0.1) is 6.33 Å². The van der Waals surface area contributed by atoms with Crippen LogP contribution in [-0.2, 0) is 16.0 Å². The van der Waals surface area contributed by atoms with Crippen LogP contribution < -0.4 is 10.9 Å². The fourth-order valence-corrected chi connectivity index (χ4v) is 6.02. The number of aromatic amines is 1. The Labute approximate surface area is 171 Å². The van der Waals surface area contributed by atoms with Crippen molar-refractivity contribution in [3.05, 3.63) is 18.2 Å². The van der Waals surface area contributed by atoms with E-state index >= 15 is 0 Å². The van der Waals surface area contributed by atoms with Crippen molar-refractivity contribution >= 4 is 11.8 Å². The zero-order valence-corrected chi connectivity index (χ0v) is 17.0. The molecular formula is C21H32N6O2. The minimum Gasteiger partial charge on any atom is -0.348 e. The molecule has 4 unspecified atom stereocenters. The molecule has 8 nitrogen and oxygen atoms in total. The van der Waals surface area contributed by atoms with Crippen LogP contribution in [0, 0.1) is 11.3 Å². The van der Waals surface area contributed by atoms with Gasteiger partial charge in [0, 0.05) is 68.3 Å². The van der Waals surface area contributed by atoms with Crippen molar-refractivity contribution in [3.8, 4) is 0 Å². The summed E-state index contributed by atoms with van der Waals surface area (Å²) in [5, 5.41) is 0. The maximum Gasteiger partial charge on any atom is 0.241 e. The molecule has 4 heterocycles. The number of H-pyrrole nitrogens is 1. The predicted molar refractivity (Wildman–Crippen MR) is 108 cm³/mol. The third kappa shape index (κ3) is 3.68. The smallest absolute Gasteiger partial charge is 0.241 e. The first-order chi connectivity index (χ1) is 14.1. The highest BCUT2D eigenvalue weighted by Crippen LogP contribution is 2.40. The molecule has 4 aliphatic rings. The molecule has 1 saturated carbocycles. The van der Waals surface area contributed by atoms with Crippen LogP contribution in [0.5, 0.6) is 0 Å². The number of carbonyl (C=O) groups excluding carboxylic acids is 2. The number of hydrogen-bond donors (Lipinski definition) is 3. The van der Waals surface area contributed by atoms with Gasteiger partial charge in [0.2, 0.25) is 11.8 Å². The van der Waals surface area contributed by atoms with Gasteiger partial charge in [-0.2, -0.15) is 0 Å². The fourth-order valence-electron chi connectivity index (χ4n) is 6.02. The number of amides is 2. The second kappa shape index (κ2) is 7.72. The molecule has 0 radical (unpaired) electrons. The number of rotatable bonds is 4. The zero-order chi connectivity index (χ0) is 19.8. The Hall–Kier alpha value is -1.93. The monoisotopic (exact) mass is 400 g/mol. The number of aromatic nitrogens is 2. The van der Waals surface area contributed by atoms with E-state index in [0.717, 1.165) is 57.4 Å². The molecule has 29 heavy (non-hydrogen) atoms. The van der Waals surface area contributed by atoms with Gasteiger partial charge >= 0.3 is 0 Å². The van der Waals surface area contributed by atoms with Crippen molar-refractivity contribution in [1.29, 1.82) is 0 Å². The topological polar surface area (TPSA) is 93.4 Å².